The Kier molecular flexibility index (Phi) is 4.72. The van der Waals surface area contributed by atoms with Crippen LogP contribution in [-0.4, -0.2) is 11.2 Å². The molecule has 0 bridgehead atoms. The lowest BCUT2D eigenvalue weighted by Crippen LogP contribution is -2.12. The van der Waals surface area contributed by atoms with Crippen LogP contribution in [0.2, 0.25) is 10.0 Å². The maximum absolute atomic E-state index is 9.79. The van der Waals surface area contributed by atoms with Gasteiger partial charge in [-0.25, -0.2) is 0 Å². The highest BCUT2D eigenvalue weighted by Crippen LogP contribution is 2.29. The van der Waals surface area contributed by atoms with Crippen LogP contribution in [0.5, 0.6) is 0 Å². The van der Waals surface area contributed by atoms with E-state index in [0.29, 0.717) is 16.0 Å². The molecule has 0 saturated heterocycles. The molecule has 1 N–H and O–H groups in total. The van der Waals surface area contributed by atoms with E-state index >= 15 is 0 Å². The third-order valence-corrected chi connectivity index (χ3v) is 4.25. The van der Waals surface area contributed by atoms with Crippen molar-refractivity contribution in [2.24, 2.45) is 5.92 Å². The highest BCUT2D eigenvalue weighted by molar-refractivity contribution is 6.42. The lowest BCUT2D eigenvalue weighted by atomic mass is 9.92. The maximum atomic E-state index is 9.79. The van der Waals surface area contributed by atoms with Gasteiger partial charge < -0.3 is 5.11 Å². The van der Waals surface area contributed by atoms with Crippen molar-refractivity contribution in [1.29, 1.82) is 0 Å². The second-order valence-corrected chi connectivity index (χ2v) is 5.81. The van der Waals surface area contributed by atoms with Gasteiger partial charge >= 0.3 is 0 Å². The van der Waals surface area contributed by atoms with E-state index in [1.165, 1.54) is 18.4 Å². The fraction of sp³-hybridized carbons (Fsp3) is 0.571. The van der Waals surface area contributed by atoms with Crippen LogP contribution < -0.4 is 0 Å². The first-order chi connectivity index (χ1) is 8.15. The van der Waals surface area contributed by atoms with Gasteiger partial charge in [-0.15, -0.1) is 0 Å². The summed E-state index contributed by atoms with van der Waals surface area (Å²) in [5, 5.41) is 11.0. The van der Waals surface area contributed by atoms with Crippen LogP contribution in [-0.2, 0) is 6.42 Å². The fourth-order valence-corrected chi connectivity index (χ4v) is 2.94. The van der Waals surface area contributed by atoms with Crippen LogP contribution in [0.25, 0.3) is 0 Å². The predicted octanol–water partition coefficient (Wildman–Crippen LogP) is 4.48. The van der Waals surface area contributed by atoms with Crippen LogP contribution in [0, 0.1) is 5.92 Å². The van der Waals surface area contributed by atoms with Crippen molar-refractivity contribution < 1.29 is 5.11 Å². The molecule has 1 aromatic rings. The predicted molar refractivity (Wildman–Crippen MR) is 72.7 cm³/mol. The molecule has 0 spiro atoms. The third-order valence-electron chi connectivity index (χ3n) is 3.51. The van der Waals surface area contributed by atoms with E-state index < -0.39 is 0 Å². The average molecular weight is 273 g/mol. The summed E-state index contributed by atoms with van der Waals surface area (Å²) < 4.78 is 0. The van der Waals surface area contributed by atoms with E-state index in [-0.39, 0.29) is 6.10 Å². The molecule has 2 unspecified atom stereocenters. The first-order valence-electron chi connectivity index (χ1n) is 6.27. The lowest BCUT2D eigenvalue weighted by molar-refractivity contribution is 0.141. The Balaban J connectivity index is 2.01. The molecule has 1 saturated carbocycles. The summed E-state index contributed by atoms with van der Waals surface area (Å²) in [4.78, 5) is 0. The van der Waals surface area contributed by atoms with Crippen molar-refractivity contribution in [2.45, 2.75) is 44.6 Å². The Morgan fingerprint density at radius 1 is 1.12 bits per heavy atom. The minimum Gasteiger partial charge on any atom is -0.393 e. The second-order valence-electron chi connectivity index (χ2n) is 4.99. The van der Waals surface area contributed by atoms with E-state index in [2.05, 4.69) is 0 Å². The van der Waals surface area contributed by atoms with Gasteiger partial charge in [-0.3, -0.25) is 0 Å². The average Bonchev–Trinajstić information content (AvgIpc) is 2.48. The third kappa shape index (κ3) is 3.87. The largest absolute Gasteiger partial charge is 0.393 e. The van der Waals surface area contributed by atoms with Gasteiger partial charge in [-0.2, -0.15) is 0 Å². The van der Waals surface area contributed by atoms with Crippen LogP contribution in [0.1, 0.15) is 37.7 Å². The lowest BCUT2D eigenvalue weighted by Gasteiger charge is -2.16. The molecule has 94 valence electrons. The molecule has 1 nitrogen and oxygen atoms in total. The molecule has 1 aliphatic rings. The van der Waals surface area contributed by atoms with E-state index in [4.69, 9.17) is 23.2 Å². The number of aliphatic hydroxyl groups excluding tert-OH is 1. The minimum absolute atomic E-state index is 0.120. The molecule has 2 rings (SSSR count). The Morgan fingerprint density at radius 2 is 1.88 bits per heavy atom. The van der Waals surface area contributed by atoms with Crippen molar-refractivity contribution >= 4 is 23.2 Å². The van der Waals surface area contributed by atoms with Crippen molar-refractivity contribution in [3.8, 4) is 0 Å². The van der Waals surface area contributed by atoms with Gasteiger partial charge in [0.25, 0.3) is 0 Å². The summed E-state index contributed by atoms with van der Waals surface area (Å²) in [6, 6.07) is 5.83. The summed E-state index contributed by atoms with van der Waals surface area (Å²) in [5.74, 6) is 0.574. The number of aliphatic hydroxyl groups is 1. The summed E-state index contributed by atoms with van der Waals surface area (Å²) in [6.45, 7) is 0. The van der Waals surface area contributed by atoms with Crippen molar-refractivity contribution in [2.75, 3.05) is 0 Å². The molecular formula is C14H18Cl2O. The van der Waals surface area contributed by atoms with Crippen LogP contribution >= 0.6 is 23.2 Å². The Hall–Kier alpha value is -0.240. The topological polar surface area (TPSA) is 20.2 Å². The molecule has 0 radical (unpaired) electrons. The molecule has 0 aliphatic heterocycles. The Bertz CT molecular complexity index is 378. The number of halogens is 2. The summed E-state index contributed by atoms with van der Waals surface area (Å²) in [5.41, 5.74) is 1.22. The quantitative estimate of drug-likeness (QED) is 0.788. The standard InChI is InChI=1S/C14H18Cl2O/c15-13-6-5-11(9-14(13)16)7-10-3-1-2-4-12(17)8-10/h5-6,9-10,12,17H,1-4,7-8H2. The smallest absolute Gasteiger partial charge is 0.0595 e. The summed E-state index contributed by atoms with van der Waals surface area (Å²) >= 11 is 11.9. The van der Waals surface area contributed by atoms with Gasteiger partial charge in [0.05, 0.1) is 16.1 Å². The van der Waals surface area contributed by atoms with Gasteiger partial charge in [-0.1, -0.05) is 48.5 Å². The monoisotopic (exact) mass is 272 g/mol. The SMILES string of the molecule is OC1CCCCC(Cc2ccc(Cl)c(Cl)c2)C1. The second kappa shape index (κ2) is 6.08. The number of hydrogen-bond donors (Lipinski definition) is 1. The first kappa shape index (κ1) is 13.2. The summed E-state index contributed by atoms with van der Waals surface area (Å²) in [6.07, 6.45) is 6.33. The highest BCUT2D eigenvalue weighted by Gasteiger charge is 2.18. The van der Waals surface area contributed by atoms with Crippen LogP contribution in [0.3, 0.4) is 0 Å². The fourth-order valence-electron chi connectivity index (χ4n) is 2.62. The number of benzene rings is 1. The van der Waals surface area contributed by atoms with Crippen molar-refractivity contribution in [3.05, 3.63) is 33.8 Å². The van der Waals surface area contributed by atoms with Gasteiger partial charge in [-0.05, 0) is 42.9 Å². The van der Waals surface area contributed by atoms with Gasteiger partial charge in [0.1, 0.15) is 0 Å². The van der Waals surface area contributed by atoms with Gasteiger partial charge in [0.15, 0.2) is 0 Å². The van der Waals surface area contributed by atoms with Gasteiger partial charge in [0, 0.05) is 0 Å². The zero-order valence-electron chi connectivity index (χ0n) is 9.83. The van der Waals surface area contributed by atoms with Gasteiger partial charge in [0.2, 0.25) is 0 Å². The molecule has 2 atom stereocenters. The molecule has 3 heteroatoms. The van der Waals surface area contributed by atoms with Crippen molar-refractivity contribution in [3.63, 3.8) is 0 Å². The van der Waals surface area contributed by atoms with Crippen LogP contribution in [0.15, 0.2) is 18.2 Å². The van der Waals surface area contributed by atoms with E-state index in [1.54, 1.807) is 0 Å². The Morgan fingerprint density at radius 3 is 2.65 bits per heavy atom. The highest BCUT2D eigenvalue weighted by atomic mass is 35.5. The van der Waals surface area contributed by atoms with Crippen LogP contribution in [0.4, 0.5) is 0 Å². The minimum atomic E-state index is -0.120. The normalized spacial score (nSPS) is 25.6. The molecule has 1 aliphatic carbocycles. The number of rotatable bonds is 2. The van der Waals surface area contributed by atoms with E-state index in [9.17, 15) is 5.11 Å². The maximum Gasteiger partial charge on any atom is 0.0595 e. The van der Waals surface area contributed by atoms with Crippen molar-refractivity contribution in [1.82, 2.24) is 0 Å². The molecule has 0 heterocycles. The van der Waals surface area contributed by atoms with E-state index in [1.807, 2.05) is 18.2 Å². The Labute approximate surface area is 113 Å². The molecule has 1 fully saturated rings. The molecule has 17 heavy (non-hydrogen) atoms. The molecule has 0 amide bonds. The number of hydrogen-bond acceptors (Lipinski definition) is 1. The van der Waals surface area contributed by atoms with E-state index in [0.717, 1.165) is 25.7 Å². The molecule has 0 aromatic heterocycles. The molecular weight excluding hydrogens is 255 g/mol. The first-order valence-corrected chi connectivity index (χ1v) is 7.02. The zero-order chi connectivity index (χ0) is 12.3. The molecule has 1 aromatic carbocycles. The zero-order valence-corrected chi connectivity index (χ0v) is 11.3. The summed E-state index contributed by atoms with van der Waals surface area (Å²) in [7, 11) is 0.